The number of aromatic carboxylic acids is 2. The van der Waals surface area contributed by atoms with E-state index in [9.17, 15) is 47.8 Å². The van der Waals surface area contributed by atoms with E-state index < -0.39 is 51.5 Å². The van der Waals surface area contributed by atoms with E-state index in [0.717, 1.165) is 10.8 Å². The highest BCUT2D eigenvalue weighted by Gasteiger charge is 2.30. The van der Waals surface area contributed by atoms with E-state index in [2.05, 4.69) is 19.7 Å². The molecule has 16 nitrogen and oxygen atoms in total. The van der Waals surface area contributed by atoms with E-state index in [1.807, 2.05) is 60.7 Å². The van der Waals surface area contributed by atoms with Gasteiger partial charge >= 0.3 is 23.9 Å². The lowest BCUT2D eigenvalue weighted by molar-refractivity contribution is -0.157. The summed E-state index contributed by atoms with van der Waals surface area (Å²) in [5, 5.41) is 23.5. The zero-order chi connectivity index (χ0) is 60.4. The average molecular weight is 1190 g/mol. The average Bonchev–Trinajstić information content (AvgIpc) is 1.96. The Morgan fingerprint density at radius 1 is 0.614 bits per heavy atom. The number of hydrogen-bond donors (Lipinski definition) is 3. The van der Waals surface area contributed by atoms with E-state index in [1.165, 1.54) is 50.4 Å². The molecule has 21 heteroatoms. The number of esters is 2. The number of alkyl halides is 1. The fourth-order valence-electron chi connectivity index (χ4n) is 9.17. The molecule has 0 radical (unpaired) electrons. The number of fused-ring (bicyclic) bond motifs is 4. The Hall–Kier alpha value is -8.71. The van der Waals surface area contributed by atoms with Crippen molar-refractivity contribution in [3.63, 3.8) is 0 Å². The molecule has 6 heterocycles. The maximum atomic E-state index is 14.9. The molecular formula is C62H55Cl3F2N6O10. The van der Waals surface area contributed by atoms with Gasteiger partial charge < -0.3 is 33.8 Å². The predicted molar refractivity (Wildman–Crippen MR) is 316 cm³/mol. The largest absolute Gasteiger partial charge is 0.477 e. The second-order valence-corrected chi connectivity index (χ2v) is 22.4. The topological polar surface area (TPSA) is 218 Å². The molecule has 0 aliphatic heterocycles. The molecule has 0 saturated carbocycles. The standard InChI is InChI=1S/C31H27ClFN3O5.C25H17ClFN3O3.C6H11ClO2/c1-17-12-21-24(14-22(17)33)36(15-19-13-18-8-5-6-10-23(18)34-27(19)32)26(29(38)39)25(21)20-9-7-11-35(28(20)37)16-41-30(40)31(2,3)4;1-13-9-17-20(11-18(13)27)30(12-15-10-14-5-2-3-7-19(14)29-23(15)26)22(25(32)33)21(17)16-6-4-8-28-24(16)31;1-6(2,3)5(8)9-4-7/h5-14H,15-16H2,1-4H3,(H,38,39);2-11H,12H2,1H3,(H,28,31)(H,32,33);4H2,1-3H3. The van der Waals surface area contributed by atoms with Crippen LogP contribution in [0.4, 0.5) is 8.78 Å². The third kappa shape index (κ3) is 12.8. The molecule has 4 aromatic carbocycles. The number of aromatic nitrogens is 6. The van der Waals surface area contributed by atoms with Crippen molar-refractivity contribution >= 4 is 102 Å². The zero-order valence-electron chi connectivity index (χ0n) is 46.2. The Morgan fingerprint density at radius 3 is 1.49 bits per heavy atom. The van der Waals surface area contributed by atoms with Gasteiger partial charge in [0.15, 0.2) is 12.8 Å². The first kappa shape index (κ1) is 60.4. The highest BCUT2D eigenvalue weighted by Crippen LogP contribution is 2.39. The van der Waals surface area contributed by atoms with E-state index in [0.29, 0.717) is 44.0 Å². The van der Waals surface area contributed by atoms with E-state index in [1.54, 1.807) is 79.7 Å². The van der Waals surface area contributed by atoms with Gasteiger partial charge in [-0.2, -0.15) is 0 Å². The van der Waals surface area contributed by atoms with Crippen molar-refractivity contribution in [3.05, 3.63) is 198 Å². The summed E-state index contributed by atoms with van der Waals surface area (Å²) in [4.78, 5) is 86.0. The van der Waals surface area contributed by atoms with Crippen LogP contribution in [-0.2, 0) is 38.9 Å². The van der Waals surface area contributed by atoms with Crippen LogP contribution in [0.5, 0.6) is 0 Å². The molecule has 10 rings (SSSR count). The molecule has 0 bridgehead atoms. The molecule has 0 spiro atoms. The van der Waals surface area contributed by atoms with Crippen LogP contribution in [0.15, 0.2) is 131 Å². The van der Waals surface area contributed by atoms with Gasteiger partial charge in [0.2, 0.25) is 0 Å². The first-order valence-corrected chi connectivity index (χ1v) is 27.0. The van der Waals surface area contributed by atoms with Crippen molar-refractivity contribution in [1.29, 1.82) is 0 Å². The van der Waals surface area contributed by atoms with E-state index in [4.69, 9.17) is 39.5 Å². The maximum absolute atomic E-state index is 14.9. The summed E-state index contributed by atoms with van der Waals surface area (Å²) >= 11 is 18.1. The second kappa shape index (κ2) is 24.4. The molecule has 0 aliphatic rings. The normalized spacial score (nSPS) is 11.5. The Morgan fingerprint density at radius 2 is 1.06 bits per heavy atom. The van der Waals surface area contributed by atoms with Crippen molar-refractivity contribution in [2.24, 2.45) is 10.8 Å². The van der Waals surface area contributed by atoms with Gasteiger partial charge in [0.05, 0.1) is 51.5 Å². The lowest BCUT2D eigenvalue weighted by atomic mass is 9.97. The Labute approximate surface area is 488 Å². The number of carbonyl (C=O) groups is 4. The number of benzene rings is 4. The number of H-pyrrole nitrogens is 1. The summed E-state index contributed by atoms with van der Waals surface area (Å²) in [7, 11) is 0. The lowest BCUT2D eigenvalue weighted by Gasteiger charge is -2.17. The third-order valence-corrected chi connectivity index (χ3v) is 14.1. The maximum Gasteiger partial charge on any atom is 0.353 e. The molecule has 10 aromatic rings. The summed E-state index contributed by atoms with van der Waals surface area (Å²) in [5.74, 6) is -4.32. The number of aryl methyl sites for hydroxylation is 2. The lowest BCUT2D eigenvalue weighted by Crippen LogP contribution is -2.28. The van der Waals surface area contributed by atoms with Gasteiger partial charge in [-0.1, -0.05) is 71.2 Å². The molecule has 0 unspecified atom stereocenters. The molecule has 6 aromatic heterocycles. The highest BCUT2D eigenvalue weighted by atomic mass is 35.5. The van der Waals surface area contributed by atoms with Gasteiger partial charge in [0.1, 0.15) is 33.3 Å². The van der Waals surface area contributed by atoms with Crippen LogP contribution in [0, 0.1) is 36.3 Å². The van der Waals surface area contributed by atoms with Crippen LogP contribution in [0.1, 0.15) is 84.8 Å². The number of halogens is 5. The van der Waals surface area contributed by atoms with E-state index in [-0.39, 0.29) is 86.9 Å². The monoisotopic (exact) mass is 1190 g/mol. The van der Waals surface area contributed by atoms with Gasteiger partial charge in [-0.3, -0.25) is 23.7 Å². The molecule has 3 N–H and O–H groups in total. The SMILES string of the molecule is CC(C)(C)C(=O)OCCl.Cc1cc2c(-c3ccc[nH]c3=O)c(C(=O)O)n(Cc3cc4ccccc4nc3Cl)c2cc1F.Cc1cc2c(-c3cccn(COC(=O)C(C)(C)C)c3=O)c(C(=O)O)n(Cc3cc4ccccc4nc3Cl)c2cc1F. The van der Waals surface area contributed by atoms with Crippen LogP contribution in [-0.4, -0.2) is 68.8 Å². The fraction of sp³-hybridized carbons (Fsp3) is 0.226. The first-order valence-electron chi connectivity index (χ1n) is 25.7. The quantitative estimate of drug-likeness (QED) is 0.0626. The number of pyridine rings is 4. The van der Waals surface area contributed by atoms with Crippen molar-refractivity contribution in [2.75, 3.05) is 6.07 Å². The van der Waals surface area contributed by atoms with Crippen LogP contribution >= 0.6 is 34.8 Å². The number of para-hydroxylation sites is 2. The molecule has 0 saturated heterocycles. The number of carboxylic acid groups (broad SMARTS) is 2. The number of carboxylic acids is 2. The van der Waals surface area contributed by atoms with Crippen molar-refractivity contribution < 1.29 is 47.6 Å². The van der Waals surface area contributed by atoms with Crippen LogP contribution in [0.25, 0.3) is 65.9 Å². The second-order valence-electron chi connectivity index (χ2n) is 21.4. The number of rotatable bonds is 11. The van der Waals surface area contributed by atoms with Crippen LogP contribution < -0.4 is 11.1 Å². The molecule has 428 valence electrons. The molecule has 0 aliphatic carbocycles. The fourth-order valence-corrected chi connectivity index (χ4v) is 9.68. The van der Waals surface area contributed by atoms with Crippen molar-refractivity contribution in [3.8, 4) is 22.3 Å². The smallest absolute Gasteiger partial charge is 0.353 e. The van der Waals surface area contributed by atoms with Crippen LogP contribution in [0.2, 0.25) is 10.3 Å². The summed E-state index contributed by atoms with van der Waals surface area (Å²) in [6, 6.07) is 30.3. The molecule has 0 fully saturated rings. The minimum Gasteiger partial charge on any atom is -0.477 e. The Bertz CT molecular complexity index is 4350. The number of aromatic amines is 1. The van der Waals surface area contributed by atoms with E-state index >= 15 is 0 Å². The number of hydrogen-bond acceptors (Lipinski definition) is 10. The first-order chi connectivity index (χ1) is 39.2. The van der Waals surface area contributed by atoms with Crippen molar-refractivity contribution in [2.45, 2.75) is 75.2 Å². The van der Waals surface area contributed by atoms with Gasteiger partial charge in [-0.15, -0.1) is 0 Å². The summed E-state index contributed by atoms with van der Waals surface area (Å²) in [5.41, 5.74) is 1.79. The number of nitrogens with one attached hydrogen (secondary N) is 1. The third-order valence-electron chi connectivity index (χ3n) is 13.4. The Kier molecular flexibility index (Phi) is 17.8. The van der Waals surface area contributed by atoms with Gasteiger partial charge in [-0.25, -0.2) is 28.3 Å². The van der Waals surface area contributed by atoms with Crippen LogP contribution in [0.3, 0.4) is 0 Å². The number of nitrogens with zero attached hydrogens (tertiary/aromatic N) is 5. The molecular weight excluding hydrogens is 1130 g/mol. The van der Waals surface area contributed by atoms with Gasteiger partial charge in [0, 0.05) is 61.8 Å². The summed E-state index contributed by atoms with van der Waals surface area (Å²) in [6.07, 6.45) is 2.92. The predicted octanol–water partition coefficient (Wildman–Crippen LogP) is 13.6. The molecule has 83 heavy (non-hydrogen) atoms. The summed E-state index contributed by atoms with van der Waals surface area (Å²) < 4.78 is 43.5. The zero-order valence-corrected chi connectivity index (χ0v) is 48.4. The Balaban J connectivity index is 0.000000192. The number of carbonyl (C=O) groups excluding carboxylic acids is 2. The molecule has 0 amide bonds. The number of ether oxygens (including phenoxy) is 2. The van der Waals surface area contributed by atoms with Gasteiger partial charge in [0.25, 0.3) is 11.1 Å². The minimum absolute atomic E-state index is 0.0298. The molecule has 0 atom stereocenters. The minimum atomic E-state index is -1.31. The summed E-state index contributed by atoms with van der Waals surface area (Å²) in [6.45, 7) is 13.2. The highest BCUT2D eigenvalue weighted by molar-refractivity contribution is 6.31. The van der Waals surface area contributed by atoms with Crippen molar-refractivity contribution in [1.82, 2.24) is 28.7 Å². The van der Waals surface area contributed by atoms with Gasteiger partial charge in [-0.05, 0) is 139 Å².